The van der Waals surface area contributed by atoms with Crippen LogP contribution in [0.1, 0.15) is 152 Å². The molecule has 568 valence electrons. The summed E-state index contributed by atoms with van der Waals surface area (Å²) in [6, 6.07) is 18.4. The van der Waals surface area contributed by atoms with Crippen molar-refractivity contribution < 1.29 is 96.0 Å². The van der Waals surface area contributed by atoms with Crippen molar-refractivity contribution in [3.63, 3.8) is 0 Å². The molecular weight excluding hydrogens is 1480 g/mol. The Balaban J connectivity index is 0.00000121. The molecule has 0 fully saturated rings. The topological polar surface area (TPSA) is 452 Å². The average molecular weight is 1570 g/mol. The maximum absolute atomic E-state index is 14.5. The van der Waals surface area contributed by atoms with E-state index in [1.165, 1.54) is 23.5 Å². The lowest BCUT2D eigenvalue weighted by atomic mass is 9.79. The third kappa shape index (κ3) is 24.3. The zero-order valence-corrected chi connectivity index (χ0v) is 64.2. The number of carbonyl (C=O) groups is 2. The van der Waals surface area contributed by atoms with Crippen LogP contribution in [0.5, 0.6) is 0 Å². The first-order valence-corrected chi connectivity index (χ1v) is 40.6. The van der Waals surface area contributed by atoms with Gasteiger partial charge in [0.25, 0.3) is 10.1 Å². The van der Waals surface area contributed by atoms with E-state index in [9.17, 15) is 43.9 Å². The van der Waals surface area contributed by atoms with Crippen molar-refractivity contribution in [1.82, 2.24) is 29.9 Å². The summed E-state index contributed by atoms with van der Waals surface area (Å²) < 4.78 is 179. The Labute approximate surface area is 615 Å². The molecule has 3 aliphatic heterocycles. The fourth-order valence-electron chi connectivity index (χ4n) is 13.0. The molecule has 2 atom stereocenters. The molecular formula is C69H85N9O21S6. The maximum Gasteiger partial charge on any atom is 0.425 e. The van der Waals surface area contributed by atoms with Crippen molar-refractivity contribution in [3.8, 4) is 0 Å². The van der Waals surface area contributed by atoms with Crippen molar-refractivity contribution >= 4 is 125 Å². The van der Waals surface area contributed by atoms with Crippen molar-refractivity contribution in [2.24, 2.45) is 0 Å². The minimum atomic E-state index is -4.61. The van der Waals surface area contributed by atoms with E-state index in [0.29, 0.717) is 40.0 Å². The molecule has 3 aliphatic rings. The summed E-state index contributed by atoms with van der Waals surface area (Å²) in [4.78, 5) is 58.4. The first-order chi connectivity index (χ1) is 49.2. The molecule has 4 N–H and O–H groups in total. The van der Waals surface area contributed by atoms with Crippen molar-refractivity contribution in [1.29, 1.82) is 0 Å². The molecule has 0 radical (unpaired) electrons. The zero-order valence-electron chi connectivity index (χ0n) is 59.3. The van der Waals surface area contributed by atoms with E-state index in [1.807, 2.05) is 87.8 Å². The third-order valence-corrected chi connectivity index (χ3v) is 21.3. The second kappa shape index (κ2) is 38.9. The number of anilines is 2. The van der Waals surface area contributed by atoms with E-state index >= 15 is 0 Å². The largest absolute Gasteiger partial charge is 0.748 e. The van der Waals surface area contributed by atoms with Gasteiger partial charge in [-0.3, -0.25) is 14.1 Å². The van der Waals surface area contributed by atoms with Crippen LogP contribution >= 0.6 is 0 Å². The van der Waals surface area contributed by atoms with Crippen LogP contribution in [-0.4, -0.2) is 165 Å². The number of benzene rings is 4. The number of allylic oxidation sites excluding steroid dienone is 6. The predicted octanol–water partition coefficient (Wildman–Crippen LogP) is 7.14. The van der Waals surface area contributed by atoms with Gasteiger partial charge >= 0.3 is 38.0 Å². The van der Waals surface area contributed by atoms with Crippen LogP contribution < -0.4 is 20.9 Å². The first-order valence-electron chi connectivity index (χ1n) is 33.1. The van der Waals surface area contributed by atoms with Gasteiger partial charge in [-0.05, 0) is 153 Å². The van der Waals surface area contributed by atoms with E-state index in [2.05, 4.69) is 64.3 Å². The highest BCUT2D eigenvalue weighted by Crippen LogP contribution is 2.51. The van der Waals surface area contributed by atoms with Gasteiger partial charge in [0.15, 0.2) is 5.71 Å². The van der Waals surface area contributed by atoms with E-state index in [-0.39, 0.29) is 60.2 Å². The Morgan fingerprint density at radius 2 is 1.45 bits per heavy atom. The van der Waals surface area contributed by atoms with Crippen LogP contribution in [0, 0.1) is 6.92 Å². The standard InChI is InChI=1S/C68H85N9O10S3.CO2.3O3S/c1-10-36-76-58-34-32-53-54(63(58)67(5,6)60(76)26-16-13-17-27-61-68(7,8)64-55-41-52(90(85,86)87)31-29-48(55)30-33-57(64)77(61)38-39-88(80,81)82)23-18-25-59(53)89(83,84)75(9)37-20-28-62(78)73-46(3)66(79)72-42-50-40-49-22-19-35-69-65(49)74-56(50)24-15-12-11-14-21-45(2)51-43-70-47(4)71-44-51;2-1-3;3*1-4(2)3/h13,16-18,23,25-27,29-34,40-41,43-46H,10-12,14-15,19-22,24,28,35-39,42H2,1-9H3,(H4-,69,72,73,74,78,79,80,81,82,85,86,87);;;;/t45-,46?;;;;/m1..../s1. The van der Waals surface area contributed by atoms with Crippen LogP contribution in [-0.2, 0) is 111 Å². The Bertz CT molecular complexity index is 5000. The van der Waals surface area contributed by atoms with Gasteiger partial charge in [0, 0.05) is 104 Å². The van der Waals surface area contributed by atoms with Gasteiger partial charge < -0.3 is 25.4 Å². The Kier molecular flexibility index (Phi) is 32.1. The molecule has 0 spiro atoms. The van der Waals surface area contributed by atoms with Crippen molar-refractivity contribution in [2.75, 3.05) is 49.2 Å². The quantitative estimate of drug-likeness (QED) is 0.0172. The molecule has 0 bridgehead atoms. The summed E-state index contributed by atoms with van der Waals surface area (Å²) in [7, 11) is -21.0. The van der Waals surface area contributed by atoms with Crippen LogP contribution in [0.4, 0.5) is 17.2 Å². The van der Waals surface area contributed by atoms with E-state index < -0.39 is 84.7 Å². The summed E-state index contributed by atoms with van der Waals surface area (Å²) >= 11 is 0. The fraction of sp³-hybridized carbons (Fsp3) is 0.435. The number of pyridine rings is 1. The predicted molar refractivity (Wildman–Crippen MR) is 388 cm³/mol. The van der Waals surface area contributed by atoms with Gasteiger partial charge in [-0.1, -0.05) is 89.5 Å². The average Bonchev–Trinajstić information content (AvgIpc) is 1.58. The minimum absolute atomic E-state index is 0.00564. The van der Waals surface area contributed by atoms with Crippen molar-refractivity contribution in [2.45, 2.75) is 165 Å². The summed E-state index contributed by atoms with van der Waals surface area (Å²) in [5, 5.41) is 11.9. The molecule has 30 nitrogen and oxygen atoms in total. The number of sulfonamides is 1. The second-order valence-corrected chi connectivity index (χ2v) is 32.0. The molecule has 5 heterocycles. The van der Waals surface area contributed by atoms with Gasteiger partial charge in [-0.2, -0.15) is 22.6 Å². The first kappa shape index (κ1) is 86.7. The number of carbonyl (C=O) groups excluding carboxylic acids is 4. The van der Waals surface area contributed by atoms with E-state index in [4.69, 9.17) is 52.5 Å². The van der Waals surface area contributed by atoms with E-state index in [0.717, 1.165) is 126 Å². The monoisotopic (exact) mass is 1570 g/mol. The molecule has 0 saturated carbocycles. The Morgan fingerprint density at radius 1 is 0.810 bits per heavy atom. The number of aryl methyl sites for hydroxylation is 3. The maximum atomic E-state index is 14.5. The highest BCUT2D eigenvalue weighted by atomic mass is 32.2. The number of hydrogen-bond acceptors (Lipinski definition) is 25. The lowest BCUT2D eigenvalue weighted by Gasteiger charge is -2.27. The van der Waals surface area contributed by atoms with E-state index in [1.54, 1.807) is 36.1 Å². The number of fused-ring (bicyclic) bond motifs is 7. The number of hydrogen-bond donors (Lipinski definition) is 4. The highest BCUT2D eigenvalue weighted by Gasteiger charge is 2.46. The van der Waals surface area contributed by atoms with Gasteiger partial charge in [0.2, 0.25) is 27.5 Å². The third-order valence-electron chi connectivity index (χ3n) is 17.8. The lowest BCUT2D eigenvalue weighted by molar-refractivity contribution is -0.437. The zero-order chi connectivity index (χ0) is 78.4. The molecule has 105 heavy (non-hydrogen) atoms. The molecule has 0 saturated heterocycles. The van der Waals surface area contributed by atoms with Crippen LogP contribution in [0.15, 0.2) is 125 Å². The fourth-order valence-corrected chi connectivity index (χ4v) is 15.4. The SMILES string of the molecule is CCC[N+]1=C(C=CC=CC=C2N(CCS(=O)(=O)[O-])c3ccc4ccc(S(=O)(=O)O)cc4c3C2(C)C)C(C)(C)c2c1ccc1c(S(=O)(=O)N(C)CCCC(=O)NC(C)C(=O)NCc3cc4c(nc3CCCCCC[C@@H](C)c3cnc(C)nc3)NCCC4)cccc21.O=C=O.O=S(=O)=O.O=S(=O)=O.O=S(=O)=O. The molecule has 4 aromatic carbocycles. The van der Waals surface area contributed by atoms with Gasteiger partial charge in [0.05, 0.1) is 31.1 Å². The van der Waals surface area contributed by atoms with Gasteiger partial charge in [-0.15, -0.1) is 37.9 Å². The number of nitrogens with zero attached hydrogens (tertiary/aromatic N) is 6. The number of unbranched alkanes of at least 4 members (excludes halogenated alkanes) is 3. The Hall–Kier alpha value is -8.97. The van der Waals surface area contributed by atoms with Gasteiger partial charge in [0.1, 0.15) is 24.2 Å². The smallest absolute Gasteiger partial charge is 0.425 e. The normalized spacial score (nSPS) is 15.1. The summed E-state index contributed by atoms with van der Waals surface area (Å²) in [6.07, 6.45) is 22.7. The molecule has 2 amide bonds. The molecule has 36 heteroatoms. The number of amides is 2. The lowest BCUT2D eigenvalue weighted by Crippen LogP contribution is -2.44. The molecule has 1 unspecified atom stereocenters. The molecule has 2 aromatic heterocycles. The molecule has 6 aromatic rings. The number of aromatic nitrogens is 3. The number of nitrogens with one attached hydrogen (secondary N) is 3. The summed E-state index contributed by atoms with van der Waals surface area (Å²) in [5.74, 6) is 0.733. The van der Waals surface area contributed by atoms with Gasteiger partial charge in [-0.25, -0.2) is 36.1 Å². The number of rotatable bonds is 27. The van der Waals surface area contributed by atoms with Crippen LogP contribution in [0.25, 0.3) is 21.5 Å². The Morgan fingerprint density at radius 3 is 2.08 bits per heavy atom. The molecule has 0 aliphatic carbocycles. The second-order valence-electron chi connectivity index (χ2n) is 25.8. The highest BCUT2D eigenvalue weighted by molar-refractivity contribution is 7.89. The molecule has 9 rings (SSSR count). The summed E-state index contributed by atoms with van der Waals surface area (Å²) in [6.45, 7) is 17.7. The summed E-state index contributed by atoms with van der Waals surface area (Å²) in [5.41, 5.74) is 7.76. The van der Waals surface area contributed by atoms with Crippen LogP contribution in [0.3, 0.4) is 0 Å². The minimum Gasteiger partial charge on any atom is -0.748 e. The van der Waals surface area contributed by atoms with Crippen molar-refractivity contribution in [3.05, 3.63) is 155 Å². The van der Waals surface area contributed by atoms with Crippen LogP contribution in [0.2, 0.25) is 0 Å².